The fourth-order valence-electron chi connectivity index (χ4n) is 2.01. The summed E-state index contributed by atoms with van der Waals surface area (Å²) in [5, 5.41) is 9.79. The molecule has 0 saturated carbocycles. The van der Waals surface area contributed by atoms with Crippen LogP contribution in [0.3, 0.4) is 0 Å². The largest absolute Gasteiger partial charge is 0.493 e. The van der Waals surface area contributed by atoms with Gasteiger partial charge in [0.25, 0.3) is 0 Å². The maximum atomic E-state index is 9.79. The van der Waals surface area contributed by atoms with Crippen LogP contribution in [0.5, 0.6) is 5.75 Å². The Morgan fingerprint density at radius 3 is 2.93 bits per heavy atom. The number of aliphatic hydroxyl groups is 1. The van der Waals surface area contributed by atoms with E-state index in [1.54, 1.807) is 6.92 Å². The van der Waals surface area contributed by atoms with Gasteiger partial charge in [-0.05, 0) is 25.0 Å². The Kier molecular flexibility index (Phi) is 2.67. The Morgan fingerprint density at radius 1 is 1.53 bits per heavy atom. The lowest BCUT2D eigenvalue weighted by atomic mass is 9.76. The minimum Gasteiger partial charge on any atom is -0.493 e. The van der Waals surface area contributed by atoms with E-state index in [9.17, 15) is 5.11 Å². The average molecular weight is 207 g/mol. The van der Waals surface area contributed by atoms with E-state index in [2.05, 4.69) is 0 Å². The summed E-state index contributed by atoms with van der Waals surface area (Å²) >= 11 is 0. The second-order valence-electron chi connectivity index (χ2n) is 4.32. The SMILES string of the molecule is CC(O)C1(CN)COc2ccccc2C1. The topological polar surface area (TPSA) is 55.5 Å². The molecule has 1 aliphatic heterocycles. The van der Waals surface area contributed by atoms with E-state index in [0.717, 1.165) is 17.7 Å². The highest BCUT2D eigenvalue weighted by molar-refractivity contribution is 5.36. The van der Waals surface area contributed by atoms with Crippen molar-refractivity contribution in [2.45, 2.75) is 19.4 Å². The minimum absolute atomic E-state index is 0.325. The summed E-state index contributed by atoms with van der Waals surface area (Å²) in [6.45, 7) is 2.72. The molecule has 0 saturated heterocycles. The van der Waals surface area contributed by atoms with Crippen LogP contribution in [0.1, 0.15) is 12.5 Å². The van der Waals surface area contributed by atoms with Gasteiger partial charge < -0.3 is 15.6 Å². The van der Waals surface area contributed by atoms with Crippen LogP contribution < -0.4 is 10.5 Å². The third kappa shape index (κ3) is 1.73. The van der Waals surface area contributed by atoms with Crippen molar-refractivity contribution >= 4 is 0 Å². The molecule has 1 aromatic carbocycles. The molecule has 0 radical (unpaired) electrons. The zero-order valence-corrected chi connectivity index (χ0v) is 8.94. The quantitative estimate of drug-likeness (QED) is 0.759. The molecule has 0 amide bonds. The Morgan fingerprint density at radius 2 is 2.27 bits per heavy atom. The van der Waals surface area contributed by atoms with Gasteiger partial charge in [0.15, 0.2) is 0 Å². The zero-order chi connectivity index (χ0) is 10.9. The molecular weight excluding hydrogens is 190 g/mol. The van der Waals surface area contributed by atoms with Gasteiger partial charge in [-0.15, -0.1) is 0 Å². The second-order valence-corrected chi connectivity index (χ2v) is 4.32. The molecule has 0 fully saturated rings. The molecule has 0 spiro atoms. The van der Waals surface area contributed by atoms with E-state index in [1.807, 2.05) is 24.3 Å². The van der Waals surface area contributed by atoms with Crippen LogP contribution in [-0.2, 0) is 6.42 Å². The Hall–Kier alpha value is -1.06. The molecule has 0 bridgehead atoms. The summed E-state index contributed by atoms with van der Waals surface area (Å²) in [5.74, 6) is 0.919. The maximum Gasteiger partial charge on any atom is 0.122 e. The number of ether oxygens (including phenoxy) is 1. The first-order chi connectivity index (χ1) is 7.18. The predicted octanol–water partition coefficient (Wildman–Crippen LogP) is 0.947. The second kappa shape index (κ2) is 3.83. The van der Waals surface area contributed by atoms with E-state index >= 15 is 0 Å². The first-order valence-corrected chi connectivity index (χ1v) is 5.27. The Balaban J connectivity index is 2.31. The summed E-state index contributed by atoms with van der Waals surface area (Å²) < 4.78 is 5.65. The van der Waals surface area contributed by atoms with Gasteiger partial charge in [-0.3, -0.25) is 0 Å². The van der Waals surface area contributed by atoms with E-state index in [-0.39, 0.29) is 5.41 Å². The minimum atomic E-state index is -0.448. The summed E-state index contributed by atoms with van der Waals surface area (Å²) in [5.41, 5.74) is 6.57. The number of fused-ring (bicyclic) bond motifs is 1. The van der Waals surface area contributed by atoms with Gasteiger partial charge in [-0.2, -0.15) is 0 Å². The van der Waals surface area contributed by atoms with Gasteiger partial charge >= 0.3 is 0 Å². The van der Waals surface area contributed by atoms with Gasteiger partial charge in [0.2, 0.25) is 0 Å². The molecule has 2 atom stereocenters. The van der Waals surface area contributed by atoms with Gasteiger partial charge in [0.05, 0.1) is 12.7 Å². The lowest BCUT2D eigenvalue weighted by Gasteiger charge is -2.39. The highest BCUT2D eigenvalue weighted by atomic mass is 16.5. The highest BCUT2D eigenvalue weighted by Crippen LogP contribution is 2.36. The van der Waals surface area contributed by atoms with Crippen molar-refractivity contribution in [1.29, 1.82) is 0 Å². The summed E-state index contributed by atoms with van der Waals surface area (Å²) in [6, 6.07) is 7.92. The van der Waals surface area contributed by atoms with Crippen molar-refractivity contribution in [3.8, 4) is 5.75 Å². The smallest absolute Gasteiger partial charge is 0.122 e. The van der Waals surface area contributed by atoms with Crippen LogP contribution in [0.2, 0.25) is 0 Å². The third-order valence-electron chi connectivity index (χ3n) is 3.32. The normalized spacial score (nSPS) is 26.6. The number of nitrogens with two attached hydrogens (primary N) is 1. The molecule has 3 N–H and O–H groups in total. The number of para-hydroxylation sites is 1. The Labute approximate surface area is 89.9 Å². The molecule has 82 valence electrons. The molecule has 3 heteroatoms. The standard InChI is InChI=1S/C12H17NO2/c1-9(14)12(7-13)6-10-4-2-3-5-11(10)15-8-12/h2-5,9,14H,6-8,13H2,1H3. The fourth-order valence-corrected chi connectivity index (χ4v) is 2.01. The monoisotopic (exact) mass is 207 g/mol. The van der Waals surface area contributed by atoms with Crippen LogP contribution in [0.15, 0.2) is 24.3 Å². The van der Waals surface area contributed by atoms with Crippen molar-refractivity contribution in [1.82, 2.24) is 0 Å². The highest BCUT2D eigenvalue weighted by Gasteiger charge is 2.38. The first-order valence-electron chi connectivity index (χ1n) is 5.27. The molecule has 1 heterocycles. The van der Waals surface area contributed by atoms with E-state index in [1.165, 1.54) is 0 Å². The Bertz CT molecular complexity index is 351. The number of hydrogen-bond acceptors (Lipinski definition) is 3. The molecular formula is C12H17NO2. The van der Waals surface area contributed by atoms with Gasteiger partial charge in [0, 0.05) is 12.0 Å². The van der Waals surface area contributed by atoms with Crippen molar-refractivity contribution in [2.75, 3.05) is 13.2 Å². The summed E-state index contributed by atoms with van der Waals surface area (Å²) in [6.07, 6.45) is 0.341. The molecule has 1 aliphatic rings. The van der Waals surface area contributed by atoms with E-state index in [0.29, 0.717) is 13.2 Å². The molecule has 0 aromatic heterocycles. The lowest BCUT2D eigenvalue weighted by molar-refractivity contribution is -0.00287. The number of benzene rings is 1. The molecule has 15 heavy (non-hydrogen) atoms. The third-order valence-corrected chi connectivity index (χ3v) is 3.32. The van der Waals surface area contributed by atoms with E-state index in [4.69, 9.17) is 10.5 Å². The van der Waals surface area contributed by atoms with Gasteiger partial charge in [0.1, 0.15) is 5.75 Å². The van der Waals surface area contributed by atoms with E-state index < -0.39 is 6.10 Å². The van der Waals surface area contributed by atoms with Crippen LogP contribution in [0, 0.1) is 5.41 Å². The van der Waals surface area contributed by atoms with Gasteiger partial charge in [-0.1, -0.05) is 18.2 Å². The van der Waals surface area contributed by atoms with Crippen molar-refractivity contribution < 1.29 is 9.84 Å². The molecule has 1 aromatic rings. The van der Waals surface area contributed by atoms with Crippen LogP contribution in [-0.4, -0.2) is 24.4 Å². The first kappa shape index (κ1) is 10.5. The summed E-state index contributed by atoms with van der Waals surface area (Å²) in [4.78, 5) is 0. The lowest BCUT2D eigenvalue weighted by Crippen LogP contribution is -2.48. The molecule has 3 nitrogen and oxygen atoms in total. The van der Waals surface area contributed by atoms with Crippen molar-refractivity contribution in [3.05, 3.63) is 29.8 Å². The van der Waals surface area contributed by atoms with Crippen LogP contribution >= 0.6 is 0 Å². The van der Waals surface area contributed by atoms with Crippen LogP contribution in [0.4, 0.5) is 0 Å². The molecule has 2 unspecified atom stereocenters. The predicted molar refractivity (Wildman–Crippen MR) is 58.8 cm³/mol. The molecule has 2 rings (SSSR count). The maximum absolute atomic E-state index is 9.79. The van der Waals surface area contributed by atoms with Gasteiger partial charge in [-0.25, -0.2) is 0 Å². The number of hydrogen-bond donors (Lipinski definition) is 2. The van der Waals surface area contributed by atoms with Crippen LogP contribution in [0.25, 0.3) is 0 Å². The van der Waals surface area contributed by atoms with Crippen molar-refractivity contribution in [2.24, 2.45) is 11.1 Å². The average Bonchev–Trinajstić information content (AvgIpc) is 2.28. The van der Waals surface area contributed by atoms with Crippen molar-refractivity contribution in [3.63, 3.8) is 0 Å². The fraction of sp³-hybridized carbons (Fsp3) is 0.500. The number of aliphatic hydroxyl groups excluding tert-OH is 1. The number of rotatable bonds is 2. The molecule has 0 aliphatic carbocycles. The zero-order valence-electron chi connectivity index (χ0n) is 8.94. The summed E-state index contributed by atoms with van der Waals surface area (Å²) in [7, 11) is 0.